The number of aliphatic hydroxyl groups excluding tert-OH is 1. The van der Waals surface area contributed by atoms with Crippen molar-refractivity contribution in [3.63, 3.8) is 0 Å². The lowest BCUT2D eigenvalue weighted by Gasteiger charge is -2.15. The number of aliphatic hydroxyl groups is 1. The summed E-state index contributed by atoms with van der Waals surface area (Å²) in [6.07, 6.45) is 8.18. The third kappa shape index (κ3) is 7.46. The minimum Gasteiger partial charge on any atom is -0.490 e. The maximum atomic E-state index is 8.74. The van der Waals surface area contributed by atoms with E-state index < -0.39 is 0 Å². The molecule has 22 heavy (non-hydrogen) atoms. The molecule has 2 nitrogen and oxygen atoms in total. The Labute approximate surface area is 135 Å². The third-order valence-corrected chi connectivity index (χ3v) is 4.11. The summed E-state index contributed by atoms with van der Waals surface area (Å²) < 4.78 is 5.74. The molecule has 0 saturated heterocycles. The van der Waals surface area contributed by atoms with Crippen LogP contribution in [0, 0.1) is 11.8 Å². The van der Waals surface area contributed by atoms with Gasteiger partial charge in [-0.1, -0.05) is 50.6 Å². The molecule has 0 aliphatic rings. The van der Waals surface area contributed by atoms with Gasteiger partial charge in [-0.05, 0) is 55.4 Å². The predicted octanol–water partition coefficient (Wildman–Crippen LogP) is 5.09. The zero-order valence-corrected chi connectivity index (χ0v) is 14.4. The van der Waals surface area contributed by atoms with E-state index in [9.17, 15) is 0 Å². The van der Waals surface area contributed by atoms with Crippen molar-refractivity contribution in [2.24, 2.45) is 11.8 Å². The summed E-state index contributed by atoms with van der Waals surface area (Å²) in [5.41, 5.74) is 2.46. The number of hydrogen-bond acceptors (Lipinski definition) is 2. The molecule has 0 aromatic heterocycles. The van der Waals surface area contributed by atoms with Gasteiger partial charge in [0, 0.05) is 0 Å². The van der Waals surface area contributed by atoms with Crippen molar-refractivity contribution < 1.29 is 9.84 Å². The highest BCUT2D eigenvalue weighted by atomic mass is 16.5. The molecule has 0 saturated carbocycles. The molecule has 0 spiro atoms. The molecule has 2 heteroatoms. The lowest BCUT2D eigenvalue weighted by molar-refractivity contribution is 0.343. The van der Waals surface area contributed by atoms with Crippen LogP contribution in [0.3, 0.4) is 0 Å². The minimum atomic E-state index is 0.0672. The van der Waals surface area contributed by atoms with Crippen LogP contribution in [0.4, 0.5) is 0 Å². The molecular weight excluding hydrogens is 272 g/mol. The summed E-state index contributed by atoms with van der Waals surface area (Å²) >= 11 is 0. The SMILES string of the molecule is CC(=CCOc1ccc(C=CCO)cc1)CCC(C)C(C)C. The smallest absolute Gasteiger partial charge is 0.119 e. The molecule has 0 bridgehead atoms. The molecule has 1 N–H and O–H groups in total. The second kappa shape index (κ2) is 10.2. The highest BCUT2D eigenvalue weighted by Crippen LogP contribution is 2.19. The van der Waals surface area contributed by atoms with Crippen molar-refractivity contribution in [2.45, 2.75) is 40.5 Å². The van der Waals surface area contributed by atoms with Gasteiger partial charge in [-0.15, -0.1) is 0 Å². The highest BCUT2D eigenvalue weighted by Gasteiger charge is 2.06. The molecule has 0 fully saturated rings. The fourth-order valence-electron chi connectivity index (χ4n) is 2.03. The van der Waals surface area contributed by atoms with E-state index in [1.165, 1.54) is 12.0 Å². The summed E-state index contributed by atoms with van der Waals surface area (Å²) in [7, 11) is 0. The fraction of sp³-hybridized carbons (Fsp3) is 0.500. The molecule has 122 valence electrons. The van der Waals surface area contributed by atoms with Crippen molar-refractivity contribution >= 4 is 6.08 Å². The average Bonchev–Trinajstić information content (AvgIpc) is 2.51. The van der Waals surface area contributed by atoms with E-state index in [1.807, 2.05) is 30.3 Å². The van der Waals surface area contributed by atoms with Crippen LogP contribution in [0.25, 0.3) is 6.08 Å². The van der Waals surface area contributed by atoms with Crippen molar-refractivity contribution in [1.82, 2.24) is 0 Å². The normalized spacial score (nSPS) is 13.8. The maximum absolute atomic E-state index is 8.74. The lowest BCUT2D eigenvalue weighted by Crippen LogP contribution is -2.04. The molecule has 1 rings (SSSR count). The first kappa shape index (κ1) is 18.5. The summed E-state index contributed by atoms with van der Waals surface area (Å²) in [5, 5.41) is 8.74. The Morgan fingerprint density at radius 2 is 1.86 bits per heavy atom. The van der Waals surface area contributed by atoms with E-state index in [0.717, 1.165) is 29.6 Å². The average molecular weight is 302 g/mol. The van der Waals surface area contributed by atoms with Gasteiger partial charge in [0.2, 0.25) is 0 Å². The van der Waals surface area contributed by atoms with Crippen molar-refractivity contribution in [1.29, 1.82) is 0 Å². The highest BCUT2D eigenvalue weighted by molar-refractivity contribution is 5.50. The van der Waals surface area contributed by atoms with Crippen molar-refractivity contribution in [3.05, 3.63) is 47.6 Å². The van der Waals surface area contributed by atoms with Crippen LogP contribution in [0.5, 0.6) is 5.75 Å². The second-order valence-corrected chi connectivity index (χ2v) is 6.28. The monoisotopic (exact) mass is 302 g/mol. The molecule has 0 aliphatic heterocycles. The first-order valence-electron chi connectivity index (χ1n) is 8.18. The van der Waals surface area contributed by atoms with Crippen LogP contribution in [0.15, 0.2) is 42.0 Å². The van der Waals surface area contributed by atoms with Gasteiger partial charge in [0.15, 0.2) is 0 Å². The zero-order chi connectivity index (χ0) is 16.4. The number of hydrogen-bond donors (Lipinski definition) is 1. The molecule has 0 aliphatic carbocycles. The molecule has 0 heterocycles. The summed E-state index contributed by atoms with van der Waals surface area (Å²) in [5.74, 6) is 2.40. The van der Waals surface area contributed by atoms with E-state index in [2.05, 4.69) is 33.8 Å². The van der Waals surface area contributed by atoms with Crippen LogP contribution in [-0.2, 0) is 0 Å². The van der Waals surface area contributed by atoms with Gasteiger partial charge in [0.1, 0.15) is 12.4 Å². The van der Waals surface area contributed by atoms with E-state index >= 15 is 0 Å². The fourth-order valence-corrected chi connectivity index (χ4v) is 2.03. The van der Waals surface area contributed by atoms with Crippen LogP contribution in [-0.4, -0.2) is 18.3 Å². The first-order chi connectivity index (χ1) is 10.5. The minimum absolute atomic E-state index is 0.0672. The van der Waals surface area contributed by atoms with Gasteiger partial charge >= 0.3 is 0 Å². The Balaban J connectivity index is 2.36. The number of benzene rings is 1. The summed E-state index contributed by atoms with van der Waals surface area (Å²) in [6, 6.07) is 7.90. The van der Waals surface area contributed by atoms with Crippen molar-refractivity contribution in [2.75, 3.05) is 13.2 Å². The topological polar surface area (TPSA) is 29.5 Å². The number of allylic oxidation sites excluding steroid dienone is 1. The van der Waals surface area contributed by atoms with Gasteiger partial charge in [0.25, 0.3) is 0 Å². The van der Waals surface area contributed by atoms with Gasteiger partial charge in [-0.3, -0.25) is 0 Å². The van der Waals surface area contributed by atoms with Gasteiger partial charge in [-0.2, -0.15) is 0 Å². The van der Waals surface area contributed by atoms with Gasteiger partial charge in [0.05, 0.1) is 6.61 Å². The Morgan fingerprint density at radius 1 is 1.18 bits per heavy atom. The van der Waals surface area contributed by atoms with Crippen LogP contribution < -0.4 is 4.74 Å². The summed E-state index contributed by atoms with van der Waals surface area (Å²) in [4.78, 5) is 0. The third-order valence-electron chi connectivity index (χ3n) is 4.11. The summed E-state index contributed by atoms with van der Waals surface area (Å²) in [6.45, 7) is 9.75. The standard InChI is InChI=1S/C20H30O2/c1-16(2)18(4)8-7-17(3)13-15-22-20-11-9-19(10-12-20)6-5-14-21/h5-6,9-13,16,18,21H,7-8,14-15H2,1-4H3. The van der Waals surface area contributed by atoms with E-state index in [1.54, 1.807) is 6.08 Å². The second-order valence-electron chi connectivity index (χ2n) is 6.28. The Hall–Kier alpha value is -1.54. The van der Waals surface area contributed by atoms with Gasteiger partial charge in [-0.25, -0.2) is 0 Å². The molecule has 1 aromatic rings. The van der Waals surface area contributed by atoms with E-state index in [-0.39, 0.29) is 6.61 Å². The van der Waals surface area contributed by atoms with Crippen molar-refractivity contribution in [3.8, 4) is 5.75 Å². The first-order valence-corrected chi connectivity index (χ1v) is 8.18. The van der Waals surface area contributed by atoms with E-state index in [0.29, 0.717) is 6.61 Å². The molecule has 1 unspecified atom stereocenters. The van der Waals surface area contributed by atoms with E-state index in [4.69, 9.17) is 9.84 Å². The van der Waals surface area contributed by atoms with Gasteiger partial charge < -0.3 is 9.84 Å². The molecule has 1 atom stereocenters. The Bertz CT molecular complexity index is 469. The van der Waals surface area contributed by atoms with Crippen LogP contribution >= 0.6 is 0 Å². The number of ether oxygens (including phenoxy) is 1. The lowest BCUT2D eigenvalue weighted by atomic mass is 9.92. The molecular formula is C20H30O2. The zero-order valence-electron chi connectivity index (χ0n) is 14.4. The molecule has 1 aromatic carbocycles. The van der Waals surface area contributed by atoms with Crippen LogP contribution in [0.2, 0.25) is 0 Å². The quantitative estimate of drug-likeness (QED) is 0.644. The Kier molecular flexibility index (Phi) is 8.61. The number of rotatable bonds is 9. The molecule has 0 amide bonds. The largest absolute Gasteiger partial charge is 0.490 e. The Morgan fingerprint density at radius 3 is 2.45 bits per heavy atom. The molecule has 0 radical (unpaired) electrons. The predicted molar refractivity (Wildman–Crippen MR) is 95.0 cm³/mol. The van der Waals surface area contributed by atoms with Crippen LogP contribution in [0.1, 0.15) is 46.1 Å². The maximum Gasteiger partial charge on any atom is 0.119 e.